The number of aromatic nitrogens is 1. The molecule has 1 nitrogen and oxygen atoms in total. The fourth-order valence-corrected chi connectivity index (χ4v) is 12.7. The standard InChI is InChI=1S/C62H43N/c1-61(2)55-36-41(28-31-46(55)47-33-30-42(37-56(47)61)63-57-26-13-10-20-48(57)51-35-40(29-34-58(51)63)38-15-4-3-5-16-38)43-22-14-25-54-59(43)50-21-9-12-24-53(50)62(54)52-23-11-8-19-45(52)49-32-27-39-17-6-7-18-44(39)60(49)62/h3-29,31-32,34-37H,30,33H2,1-2H3. The van der Waals surface area contributed by atoms with E-state index in [2.05, 4.69) is 219 Å². The van der Waals surface area contributed by atoms with Crippen LogP contribution in [-0.4, -0.2) is 4.57 Å². The van der Waals surface area contributed by atoms with Crippen LogP contribution >= 0.6 is 0 Å². The predicted molar refractivity (Wildman–Crippen MR) is 264 cm³/mol. The molecule has 10 aromatic rings. The van der Waals surface area contributed by atoms with Gasteiger partial charge >= 0.3 is 0 Å². The van der Waals surface area contributed by atoms with Crippen molar-refractivity contribution >= 4 is 43.8 Å². The minimum atomic E-state index is -0.414. The van der Waals surface area contributed by atoms with Crippen molar-refractivity contribution in [1.29, 1.82) is 0 Å². The molecule has 0 aliphatic heterocycles. The van der Waals surface area contributed by atoms with Gasteiger partial charge in [-0.05, 0) is 143 Å². The van der Waals surface area contributed by atoms with Crippen LogP contribution in [0.25, 0.3) is 88.4 Å². The zero-order valence-corrected chi connectivity index (χ0v) is 35.4. The van der Waals surface area contributed by atoms with Gasteiger partial charge in [-0.25, -0.2) is 0 Å². The molecule has 1 heteroatoms. The highest BCUT2D eigenvalue weighted by Crippen LogP contribution is 2.65. The van der Waals surface area contributed by atoms with E-state index in [1.165, 1.54) is 127 Å². The lowest BCUT2D eigenvalue weighted by molar-refractivity contribution is 0.651. The summed E-state index contributed by atoms with van der Waals surface area (Å²) in [5.74, 6) is 0. The summed E-state index contributed by atoms with van der Waals surface area (Å²) in [5, 5.41) is 5.24. The monoisotopic (exact) mass is 801 g/mol. The lowest BCUT2D eigenvalue weighted by Gasteiger charge is -2.31. The number of fused-ring (bicyclic) bond motifs is 17. The normalized spacial score (nSPS) is 17.5. The topological polar surface area (TPSA) is 4.93 Å². The summed E-state index contributed by atoms with van der Waals surface area (Å²) in [7, 11) is 0. The summed E-state index contributed by atoms with van der Waals surface area (Å²) in [6.45, 7) is 4.90. The molecule has 1 aromatic heterocycles. The van der Waals surface area contributed by atoms with E-state index in [1.807, 2.05) is 0 Å². The Morgan fingerprint density at radius 2 is 1.08 bits per heavy atom. The van der Waals surface area contributed by atoms with Gasteiger partial charge in [0.2, 0.25) is 0 Å². The van der Waals surface area contributed by atoms with Gasteiger partial charge in [-0.15, -0.1) is 0 Å². The molecule has 1 atom stereocenters. The third-order valence-corrected chi connectivity index (χ3v) is 15.3. The van der Waals surface area contributed by atoms with Crippen molar-refractivity contribution in [2.45, 2.75) is 37.5 Å². The quantitative estimate of drug-likeness (QED) is 0.168. The first-order valence-electron chi connectivity index (χ1n) is 22.6. The van der Waals surface area contributed by atoms with E-state index in [0.717, 1.165) is 12.8 Å². The Bertz CT molecular complexity index is 3700. The molecule has 0 saturated carbocycles. The third kappa shape index (κ3) is 4.51. The Labute approximate surface area is 367 Å². The van der Waals surface area contributed by atoms with Gasteiger partial charge in [0.25, 0.3) is 0 Å². The number of benzene rings is 9. The number of hydrogen-bond acceptors (Lipinski definition) is 0. The van der Waals surface area contributed by atoms with Gasteiger partial charge < -0.3 is 4.57 Å². The van der Waals surface area contributed by atoms with Crippen LogP contribution in [0.4, 0.5) is 0 Å². The highest BCUT2D eigenvalue weighted by Gasteiger charge is 2.53. The molecular formula is C62H43N. The molecule has 4 aliphatic carbocycles. The summed E-state index contributed by atoms with van der Waals surface area (Å²) in [5.41, 5.74) is 25.2. The van der Waals surface area contributed by atoms with Crippen LogP contribution in [0, 0.1) is 0 Å². The summed E-state index contributed by atoms with van der Waals surface area (Å²) in [4.78, 5) is 0. The average Bonchev–Trinajstić information content (AvgIpc) is 4.01. The molecule has 14 rings (SSSR count). The number of nitrogens with zero attached hydrogens (tertiary/aromatic N) is 1. The first-order valence-corrected chi connectivity index (χ1v) is 22.6. The van der Waals surface area contributed by atoms with Crippen molar-refractivity contribution in [2.75, 3.05) is 0 Å². The lowest BCUT2D eigenvalue weighted by atomic mass is 9.69. The lowest BCUT2D eigenvalue weighted by Crippen LogP contribution is -2.26. The number of rotatable bonds is 3. The fraction of sp³-hybridized carbons (Fsp3) is 0.0968. The van der Waals surface area contributed by atoms with E-state index in [0.29, 0.717) is 0 Å². The maximum absolute atomic E-state index is 2.55. The fourth-order valence-electron chi connectivity index (χ4n) is 12.7. The van der Waals surface area contributed by atoms with Crippen molar-refractivity contribution in [3.05, 3.63) is 239 Å². The van der Waals surface area contributed by atoms with Gasteiger partial charge in [0.15, 0.2) is 0 Å². The number of para-hydroxylation sites is 1. The number of hydrogen-bond donors (Lipinski definition) is 0. The molecule has 1 spiro atoms. The second-order valence-electron chi connectivity index (χ2n) is 18.6. The van der Waals surface area contributed by atoms with Crippen molar-refractivity contribution in [2.24, 2.45) is 0 Å². The van der Waals surface area contributed by atoms with E-state index >= 15 is 0 Å². The van der Waals surface area contributed by atoms with Gasteiger partial charge in [-0.3, -0.25) is 0 Å². The molecule has 0 saturated heterocycles. The predicted octanol–water partition coefficient (Wildman–Crippen LogP) is 16.0. The minimum absolute atomic E-state index is 0.162. The van der Waals surface area contributed by atoms with Gasteiger partial charge in [0, 0.05) is 21.9 Å². The molecule has 0 amide bonds. The smallest absolute Gasteiger partial charge is 0.0731 e. The zero-order valence-electron chi connectivity index (χ0n) is 35.4. The molecule has 1 unspecified atom stereocenters. The van der Waals surface area contributed by atoms with Gasteiger partial charge in [-0.2, -0.15) is 0 Å². The van der Waals surface area contributed by atoms with Crippen LogP contribution in [0.3, 0.4) is 0 Å². The molecule has 0 bridgehead atoms. The Morgan fingerprint density at radius 3 is 1.95 bits per heavy atom. The molecule has 1 heterocycles. The second-order valence-corrected chi connectivity index (χ2v) is 18.6. The summed E-state index contributed by atoms with van der Waals surface area (Å²) >= 11 is 0. The Kier molecular flexibility index (Phi) is 7.01. The van der Waals surface area contributed by atoms with Gasteiger partial charge in [0.1, 0.15) is 0 Å². The van der Waals surface area contributed by atoms with E-state index in [-0.39, 0.29) is 5.41 Å². The van der Waals surface area contributed by atoms with Crippen molar-refractivity contribution < 1.29 is 0 Å². The van der Waals surface area contributed by atoms with E-state index in [1.54, 1.807) is 0 Å². The molecule has 63 heavy (non-hydrogen) atoms. The van der Waals surface area contributed by atoms with E-state index in [9.17, 15) is 0 Å². The molecule has 9 aromatic carbocycles. The summed E-state index contributed by atoms with van der Waals surface area (Å²) in [6.07, 6.45) is 4.57. The highest BCUT2D eigenvalue weighted by molar-refractivity contribution is 6.12. The second kappa shape index (κ2) is 12.6. The number of allylic oxidation sites excluding steroid dienone is 4. The maximum atomic E-state index is 2.55. The van der Waals surface area contributed by atoms with Crippen LogP contribution in [0.2, 0.25) is 0 Å². The van der Waals surface area contributed by atoms with Crippen LogP contribution in [0.15, 0.2) is 206 Å². The van der Waals surface area contributed by atoms with E-state index < -0.39 is 5.41 Å². The van der Waals surface area contributed by atoms with Crippen LogP contribution in [0.5, 0.6) is 0 Å². The van der Waals surface area contributed by atoms with Crippen LogP contribution in [-0.2, 0) is 10.8 Å². The molecule has 0 N–H and O–H groups in total. The maximum Gasteiger partial charge on any atom is 0.0731 e. The zero-order chi connectivity index (χ0) is 41.6. The van der Waals surface area contributed by atoms with Crippen molar-refractivity contribution in [3.63, 3.8) is 0 Å². The first-order chi connectivity index (χ1) is 31.0. The highest BCUT2D eigenvalue weighted by atomic mass is 15.0. The van der Waals surface area contributed by atoms with Crippen molar-refractivity contribution in [3.8, 4) is 44.5 Å². The molecular weight excluding hydrogens is 759 g/mol. The van der Waals surface area contributed by atoms with Crippen LogP contribution in [0.1, 0.15) is 60.1 Å². The van der Waals surface area contributed by atoms with Gasteiger partial charge in [0.05, 0.1) is 16.4 Å². The first kappa shape index (κ1) is 35.2. The Hall–Kier alpha value is -7.48. The largest absolute Gasteiger partial charge is 0.313 e. The van der Waals surface area contributed by atoms with Crippen LogP contribution < -0.4 is 0 Å². The Balaban J connectivity index is 0.919. The third-order valence-electron chi connectivity index (χ3n) is 15.3. The Morgan fingerprint density at radius 1 is 0.413 bits per heavy atom. The molecule has 296 valence electrons. The summed E-state index contributed by atoms with van der Waals surface area (Å²) in [6, 6.07) is 73.4. The molecule has 0 radical (unpaired) electrons. The minimum Gasteiger partial charge on any atom is -0.313 e. The van der Waals surface area contributed by atoms with Gasteiger partial charge in [-0.1, -0.05) is 184 Å². The average molecular weight is 802 g/mol. The summed E-state index contributed by atoms with van der Waals surface area (Å²) < 4.78 is 2.55. The van der Waals surface area contributed by atoms with Crippen molar-refractivity contribution in [1.82, 2.24) is 4.57 Å². The SMILES string of the molecule is CC1(C)C2=C(CCC(n3c4ccccc4c4cc(-c5ccccc5)ccc43)=C2)c2ccc(-c3cccc4c3-c3ccccc3C43c4ccccc4-c4ccc5ccccc5c43)cc21. The van der Waals surface area contributed by atoms with E-state index in [4.69, 9.17) is 0 Å². The molecule has 0 fully saturated rings. The molecule has 4 aliphatic rings.